The van der Waals surface area contributed by atoms with Gasteiger partial charge in [-0.15, -0.1) is 0 Å². The van der Waals surface area contributed by atoms with Crippen molar-refractivity contribution in [3.05, 3.63) is 0 Å². The Morgan fingerprint density at radius 3 is 2.44 bits per heavy atom. The third-order valence-electron chi connectivity index (χ3n) is 5.38. The minimum atomic E-state index is 0.789. The van der Waals surface area contributed by atoms with E-state index in [-0.39, 0.29) is 0 Å². The van der Waals surface area contributed by atoms with E-state index < -0.39 is 0 Å². The maximum atomic E-state index is 3.52. The van der Waals surface area contributed by atoms with Crippen molar-refractivity contribution >= 4 is 11.8 Å². The first-order valence-electron chi connectivity index (χ1n) is 7.89. The number of fused-ring (bicyclic) bond motifs is 2. The summed E-state index contributed by atoms with van der Waals surface area (Å²) in [5, 5.41) is 4.45. The van der Waals surface area contributed by atoms with Crippen LogP contribution in [0.3, 0.4) is 0 Å². The molecule has 2 bridgehead atoms. The zero-order valence-electron chi connectivity index (χ0n) is 11.9. The fourth-order valence-electron chi connectivity index (χ4n) is 4.65. The molecule has 3 aliphatic rings. The van der Waals surface area contributed by atoms with Crippen LogP contribution in [0.1, 0.15) is 51.9 Å². The number of piperidine rings is 1. The number of rotatable bonds is 4. The molecule has 104 valence electrons. The Bertz CT molecular complexity index is 270. The molecule has 2 heterocycles. The summed E-state index contributed by atoms with van der Waals surface area (Å²) >= 11 is 2.22. The highest BCUT2D eigenvalue weighted by atomic mass is 32.2. The van der Waals surface area contributed by atoms with E-state index in [0.29, 0.717) is 0 Å². The van der Waals surface area contributed by atoms with Gasteiger partial charge in [0.2, 0.25) is 0 Å². The lowest BCUT2D eigenvalue weighted by Gasteiger charge is -2.44. The Labute approximate surface area is 116 Å². The number of hydrogen-bond donors (Lipinski definition) is 1. The van der Waals surface area contributed by atoms with Crippen LogP contribution in [0, 0.1) is 0 Å². The van der Waals surface area contributed by atoms with Gasteiger partial charge in [0.1, 0.15) is 0 Å². The molecule has 0 aromatic carbocycles. The Morgan fingerprint density at radius 2 is 1.83 bits per heavy atom. The van der Waals surface area contributed by atoms with Crippen molar-refractivity contribution in [3.8, 4) is 0 Å². The summed E-state index contributed by atoms with van der Waals surface area (Å²) in [5.41, 5.74) is 0. The lowest BCUT2D eigenvalue weighted by Crippen LogP contribution is -2.54. The standard InChI is InChI=1S/C15H28N2S/c1-3-18-15-6-4-5-14(15)17-12-7-8-13(17)10-11(9-12)16-2/h11-16H,3-10H2,1-2H3. The topological polar surface area (TPSA) is 15.3 Å². The van der Waals surface area contributed by atoms with Gasteiger partial charge in [-0.05, 0) is 51.3 Å². The second-order valence-electron chi connectivity index (χ2n) is 6.28. The minimum absolute atomic E-state index is 0.789. The largest absolute Gasteiger partial charge is 0.317 e. The highest BCUT2D eigenvalue weighted by Gasteiger charge is 2.46. The molecule has 2 nitrogen and oxygen atoms in total. The van der Waals surface area contributed by atoms with Gasteiger partial charge in [-0.2, -0.15) is 11.8 Å². The second-order valence-corrected chi connectivity index (χ2v) is 7.80. The fourth-order valence-corrected chi connectivity index (χ4v) is 5.91. The SMILES string of the molecule is CCSC1CCCC1N1C2CCC1CC(NC)C2. The normalized spacial score (nSPS) is 44.7. The van der Waals surface area contributed by atoms with Crippen molar-refractivity contribution in [3.63, 3.8) is 0 Å². The Hall–Kier alpha value is 0.270. The van der Waals surface area contributed by atoms with Crippen LogP contribution < -0.4 is 5.32 Å². The molecular formula is C15H28N2S. The summed E-state index contributed by atoms with van der Waals surface area (Å²) in [6.07, 6.45) is 10.1. The van der Waals surface area contributed by atoms with Crippen molar-refractivity contribution in [1.82, 2.24) is 10.2 Å². The summed E-state index contributed by atoms with van der Waals surface area (Å²) < 4.78 is 0. The molecule has 0 aromatic rings. The van der Waals surface area contributed by atoms with Crippen LogP contribution >= 0.6 is 11.8 Å². The molecule has 0 amide bonds. The molecule has 0 spiro atoms. The van der Waals surface area contributed by atoms with E-state index in [1.54, 1.807) is 0 Å². The van der Waals surface area contributed by atoms with Gasteiger partial charge >= 0.3 is 0 Å². The average molecular weight is 268 g/mol. The molecule has 1 aliphatic carbocycles. The number of nitrogens with zero attached hydrogens (tertiary/aromatic N) is 1. The molecule has 2 aliphatic heterocycles. The predicted octanol–water partition coefficient (Wildman–Crippen LogP) is 2.88. The number of hydrogen-bond acceptors (Lipinski definition) is 3. The van der Waals surface area contributed by atoms with E-state index in [9.17, 15) is 0 Å². The van der Waals surface area contributed by atoms with Crippen molar-refractivity contribution in [2.24, 2.45) is 0 Å². The molecule has 18 heavy (non-hydrogen) atoms. The average Bonchev–Trinajstić information content (AvgIpc) is 2.91. The Balaban J connectivity index is 1.69. The number of thioether (sulfide) groups is 1. The summed E-state index contributed by atoms with van der Waals surface area (Å²) in [6, 6.07) is 3.48. The molecule has 3 heteroatoms. The van der Waals surface area contributed by atoms with E-state index in [1.807, 2.05) is 0 Å². The summed E-state index contributed by atoms with van der Waals surface area (Å²) in [4.78, 5) is 2.97. The molecule has 2 saturated heterocycles. The zero-order chi connectivity index (χ0) is 12.5. The first-order chi connectivity index (χ1) is 8.83. The second kappa shape index (κ2) is 5.72. The van der Waals surface area contributed by atoms with Gasteiger partial charge in [-0.3, -0.25) is 4.90 Å². The molecule has 4 atom stereocenters. The van der Waals surface area contributed by atoms with Crippen LogP contribution in [0.25, 0.3) is 0 Å². The van der Waals surface area contributed by atoms with Crippen molar-refractivity contribution in [2.45, 2.75) is 81.3 Å². The minimum Gasteiger partial charge on any atom is -0.317 e. The van der Waals surface area contributed by atoms with Crippen LogP contribution in [0.15, 0.2) is 0 Å². The fraction of sp³-hybridized carbons (Fsp3) is 1.00. The highest BCUT2D eigenvalue weighted by molar-refractivity contribution is 7.99. The molecule has 3 rings (SSSR count). The molecule has 0 aromatic heterocycles. The lowest BCUT2D eigenvalue weighted by molar-refractivity contribution is 0.0761. The lowest BCUT2D eigenvalue weighted by atomic mass is 9.95. The van der Waals surface area contributed by atoms with E-state index in [2.05, 4.69) is 35.9 Å². The summed E-state index contributed by atoms with van der Waals surface area (Å²) in [7, 11) is 2.14. The van der Waals surface area contributed by atoms with E-state index in [1.165, 1.54) is 50.7 Å². The molecule has 4 unspecified atom stereocenters. The van der Waals surface area contributed by atoms with E-state index in [4.69, 9.17) is 0 Å². The van der Waals surface area contributed by atoms with Gasteiger partial charge in [0.05, 0.1) is 0 Å². The molecule has 1 N–H and O–H groups in total. The van der Waals surface area contributed by atoms with Crippen molar-refractivity contribution in [2.75, 3.05) is 12.8 Å². The predicted molar refractivity (Wildman–Crippen MR) is 80.3 cm³/mol. The van der Waals surface area contributed by atoms with Gasteiger partial charge in [0.15, 0.2) is 0 Å². The van der Waals surface area contributed by atoms with Gasteiger partial charge in [-0.25, -0.2) is 0 Å². The van der Waals surface area contributed by atoms with Gasteiger partial charge in [0, 0.05) is 29.4 Å². The highest BCUT2D eigenvalue weighted by Crippen LogP contribution is 2.43. The van der Waals surface area contributed by atoms with Crippen LogP contribution in [-0.2, 0) is 0 Å². The number of nitrogens with one attached hydrogen (secondary N) is 1. The van der Waals surface area contributed by atoms with Crippen LogP contribution in [0.2, 0.25) is 0 Å². The monoisotopic (exact) mass is 268 g/mol. The molecule has 3 fully saturated rings. The maximum absolute atomic E-state index is 3.52. The third kappa shape index (κ3) is 2.34. The van der Waals surface area contributed by atoms with Crippen molar-refractivity contribution < 1.29 is 0 Å². The van der Waals surface area contributed by atoms with Crippen molar-refractivity contribution in [1.29, 1.82) is 0 Å². The third-order valence-corrected chi connectivity index (χ3v) is 6.69. The zero-order valence-corrected chi connectivity index (χ0v) is 12.7. The van der Waals surface area contributed by atoms with Gasteiger partial charge < -0.3 is 5.32 Å². The molecular weight excluding hydrogens is 240 g/mol. The summed E-state index contributed by atoms with van der Waals surface area (Å²) in [5.74, 6) is 1.30. The maximum Gasteiger partial charge on any atom is 0.0220 e. The van der Waals surface area contributed by atoms with E-state index in [0.717, 1.165) is 29.4 Å². The molecule has 0 radical (unpaired) electrons. The quantitative estimate of drug-likeness (QED) is 0.844. The van der Waals surface area contributed by atoms with Crippen LogP contribution in [0.4, 0.5) is 0 Å². The Kier molecular flexibility index (Phi) is 4.21. The van der Waals surface area contributed by atoms with E-state index >= 15 is 0 Å². The summed E-state index contributed by atoms with van der Waals surface area (Å²) in [6.45, 7) is 2.32. The first kappa shape index (κ1) is 13.3. The first-order valence-corrected chi connectivity index (χ1v) is 8.94. The van der Waals surface area contributed by atoms with Crippen LogP contribution in [-0.4, -0.2) is 47.1 Å². The molecule has 1 saturated carbocycles. The van der Waals surface area contributed by atoms with Gasteiger partial charge in [-0.1, -0.05) is 13.3 Å². The Morgan fingerprint density at radius 1 is 1.11 bits per heavy atom. The van der Waals surface area contributed by atoms with Crippen LogP contribution in [0.5, 0.6) is 0 Å². The smallest absolute Gasteiger partial charge is 0.0220 e. The van der Waals surface area contributed by atoms with Gasteiger partial charge in [0.25, 0.3) is 0 Å².